The Morgan fingerprint density at radius 1 is 1.29 bits per heavy atom. The summed E-state index contributed by atoms with van der Waals surface area (Å²) in [5.41, 5.74) is 15.9. The minimum atomic E-state index is -0.592. The Morgan fingerprint density at radius 3 is 2.29 bits per heavy atom. The Kier molecular flexibility index (Phi) is 4.95. The summed E-state index contributed by atoms with van der Waals surface area (Å²) in [6.07, 6.45) is 0.614. The van der Waals surface area contributed by atoms with Crippen LogP contribution >= 0.6 is 0 Å². The first-order valence-electron chi connectivity index (χ1n) is 3.87. The highest BCUT2D eigenvalue weighted by Gasteiger charge is 2.02. The first kappa shape index (κ1) is 12.1. The van der Waals surface area contributed by atoms with Crippen LogP contribution in [0, 0.1) is 0 Å². The molecule has 0 spiro atoms. The highest BCUT2D eigenvalue weighted by Crippen LogP contribution is 2.09. The van der Waals surface area contributed by atoms with Crippen LogP contribution in [-0.4, -0.2) is 19.2 Å². The van der Waals surface area contributed by atoms with Gasteiger partial charge in [0.1, 0.15) is 6.29 Å². The topological polar surface area (TPSA) is 112 Å². The number of nitrogens with two attached hydrogens (primary N) is 3. The number of hydrogen-bond acceptors (Lipinski definition) is 4. The van der Waals surface area contributed by atoms with Gasteiger partial charge in [-0.2, -0.15) is 0 Å². The molecular formula is C9H13N3O2. The first-order chi connectivity index (χ1) is 6.63. The van der Waals surface area contributed by atoms with Crippen LogP contribution in [0.2, 0.25) is 0 Å². The standard InChI is InChI=1S/C8H8N2O2.CH5N/c9-7-2-5(4-11)1-6(3-7)8(10)12;1-2/h1-4H,9H2,(H2,10,12);2H2,1H3. The summed E-state index contributed by atoms with van der Waals surface area (Å²) in [5, 5.41) is 0. The minimum absolute atomic E-state index is 0.247. The van der Waals surface area contributed by atoms with Crippen LogP contribution in [0.25, 0.3) is 0 Å². The molecule has 0 radical (unpaired) electrons. The molecule has 0 atom stereocenters. The molecule has 6 N–H and O–H groups in total. The number of carbonyl (C=O) groups is 2. The van der Waals surface area contributed by atoms with Gasteiger partial charge in [0.05, 0.1) is 0 Å². The molecule has 1 aromatic rings. The summed E-state index contributed by atoms with van der Waals surface area (Å²) in [4.78, 5) is 21.0. The van der Waals surface area contributed by atoms with Crippen LogP contribution < -0.4 is 17.2 Å². The number of anilines is 1. The molecule has 5 heteroatoms. The number of amides is 1. The molecule has 0 aromatic heterocycles. The Hall–Kier alpha value is -1.88. The van der Waals surface area contributed by atoms with Crippen molar-refractivity contribution in [3.63, 3.8) is 0 Å². The highest BCUT2D eigenvalue weighted by atomic mass is 16.1. The van der Waals surface area contributed by atoms with Gasteiger partial charge in [0, 0.05) is 16.8 Å². The molecule has 0 aliphatic rings. The number of carbonyl (C=O) groups excluding carboxylic acids is 2. The third-order valence-electron chi connectivity index (χ3n) is 1.40. The van der Waals surface area contributed by atoms with Crippen molar-refractivity contribution in [2.75, 3.05) is 12.8 Å². The van der Waals surface area contributed by atoms with Gasteiger partial charge >= 0.3 is 0 Å². The average molecular weight is 195 g/mol. The molecule has 5 nitrogen and oxygen atoms in total. The highest BCUT2D eigenvalue weighted by molar-refractivity contribution is 5.95. The molecule has 1 rings (SSSR count). The zero-order valence-corrected chi connectivity index (χ0v) is 7.86. The largest absolute Gasteiger partial charge is 0.399 e. The summed E-state index contributed by atoms with van der Waals surface area (Å²) in [5.74, 6) is -0.592. The molecule has 0 saturated carbocycles. The number of benzene rings is 1. The van der Waals surface area contributed by atoms with E-state index in [2.05, 4.69) is 5.73 Å². The van der Waals surface area contributed by atoms with E-state index in [1.807, 2.05) is 0 Å². The molecule has 0 bridgehead atoms. The Bertz CT molecular complexity index is 337. The number of nitrogen functional groups attached to an aromatic ring is 1. The fourth-order valence-electron chi connectivity index (χ4n) is 0.887. The first-order valence-corrected chi connectivity index (χ1v) is 3.87. The van der Waals surface area contributed by atoms with Crippen LogP contribution in [0.1, 0.15) is 20.7 Å². The van der Waals surface area contributed by atoms with E-state index in [9.17, 15) is 9.59 Å². The lowest BCUT2D eigenvalue weighted by Gasteiger charge is -1.98. The summed E-state index contributed by atoms with van der Waals surface area (Å²) in [7, 11) is 1.50. The predicted octanol–water partition coefficient (Wildman–Crippen LogP) is -0.245. The molecule has 14 heavy (non-hydrogen) atoms. The molecule has 0 aliphatic heterocycles. The zero-order valence-electron chi connectivity index (χ0n) is 7.86. The van der Waals surface area contributed by atoms with Gasteiger partial charge in [0.15, 0.2) is 0 Å². The van der Waals surface area contributed by atoms with Crippen molar-refractivity contribution >= 4 is 17.9 Å². The van der Waals surface area contributed by atoms with E-state index in [1.54, 1.807) is 0 Å². The molecule has 76 valence electrons. The number of rotatable bonds is 2. The SMILES string of the molecule is CN.NC(=O)c1cc(N)cc(C=O)c1. The summed E-state index contributed by atoms with van der Waals surface area (Å²) in [6, 6.07) is 4.29. The van der Waals surface area contributed by atoms with Crippen LogP contribution in [-0.2, 0) is 0 Å². The maximum absolute atomic E-state index is 10.7. The smallest absolute Gasteiger partial charge is 0.248 e. The normalized spacial score (nSPS) is 8.43. The maximum Gasteiger partial charge on any atom is 0.248 e. The van der Waals surface area contributed by atoms with Gasteiger partial charge in [-0.1, -0.05) is 0 Å². The van der Waals surface area contributed by atoms with Gasteiger partial charge in [-0.25, -0.2) is 0 Å². The second-order valence-electron chi connectivity index (χ2n) is 2.37. The Morgan fingerprint density at radius 2 is 1.86 bits per heavy atom. The van der Waals surface area contributed by atoms with Crippen molar-refractivity contribution in [1.29, 1.82) is 0 Å². The van der Waals surface area contributed by atoms with Crippen molar-refractivity contribution in [3.8, 4) is 0 Å². The predicted molar refractivity (Wildman–Crippen MR) is 54.9 cm³/mol. The third-order valence-corrected chi connectivity index (χ3v) is 1.40. The number of primary amides is 1. The van der Waals surface area contributed by atoms with E-state index in [4.69, 9.17) is 11.5 Å². The molecule has 0 aliphatic carbocycles. The second-order valence-corrected chi connectivity index (χ2v) is 2.37. The molecule has 1 aromatic carbocycles. The van der Waals surface area contributed by atoms with Crippen molar-refractivity contribution < 1.29 is 9.59 Å². The van der Waals surface area contributed by atoms with Crippen molar-refractivity contribution in [3.05, 3.63) is 29.3 Å². The van der Waals surface area contributed by atoms with E-state index < -0.39 is 5.91 Å². The quantitative estimate of drug-likeness (QED) is 0.446. The van der Waals surface area contributed by atoms with Gasteiger partial charge in [-0.05, 0) is 25.2 Å². The number of hydrogen-bond donors (Lipinski definition) is 3. The van der Waals surface area contributed by atoms with Crippen LogP contribution in [0.3, 0.4) is 0 Å². The summed E-state index contributed by atoms with van der Waals surface area (Å²) >= 11 is 0. The fraction of sp³-hybridized carbons (Fsp3) is 0.111. The zero-order chi connectivity index (χ0) is 11.1. The maximum atomic E-state index is 10.7. The van der Waals surface area contributed by atoms with E-state index >= 15 is 0 Å². The second kappa shape index (κ2) is 5.71. The lowest BCUT2D eigenvalue weighted by Crippen LogP contribution is -2.11. The third kappa shape index (κ3) is 3.24. The van der Waals surface area contributed by atoms with Crippen LogP contribution in [0.4, 0.5) is 5.69 Å². The van der Waals surface area contributed by atoms with E-state index in [0.29, 0.717) is 17.5 Å². The van der Waals surface area contributed by atoms with Crippen LogP contribution in [0.5, 0.6) is 0 Å². The number of aldehydes is 1. The van der Waals surface area contributed by atoms with E-state index in [-0.39, 0.29) is 5.56 Å². The molecule has 0 heterocycles. The molecule has 0 saturated heterocycles. The molecular weight excluding hydrogens is 182 g/mol. The lowest BCUT2D eigenvalue weighted by atomic mass is 10.1. The van der Waals surface area contributed by atoms with Crippen molar-refractivity contribution in [2.24, 2.45) is 11.5 Å². The minimum Gasteiger partial charge on any atom is -0.399 e. The molecule has 0 unspecified atom stereocenters. The van der Waals surface area contributed by atoms with Gasteiger partial charge in [-0.3, -0.25) is 9.59 Å². The Labute approximate surface area is 81.9 Å². The van der Waals surface area contributed by atoms with Gasteiger partial charge in [-0.15, -0.1) is 0 Å². The average Bonchev–Trinajstić information content (AvgIpc) is 2.20. The van der Waals surface area contributed by atoms with Crippen molar-refractivity contribution in [1.82, 2.24) is 0 Å². The van der Waals surface area contributed by atoms with E-state index in [1.165, 1.54) is 25.2 Å². The van der Waals surface area contributed by atoms with Crippen LogP contribution in [0.15, 0.2) is 18.2 Å². The molecule has 0 fully saturated rings. The molecule has 1 amide bonds. The lowest BCUT2D eigenvalue weighted by molar-refractivity contribution is 0.100. The van der Waals surface area contributed by atoms with Crippen molar-refractivity contribution in [2.45, 2.75) is 0 Å². The van der Waals surface area contributed by atoms with Gasteiger partial charge in [0.2, 0.25) is 5.91 Å². The Balaban J connectivity index is 0.000000791. The monoisotopic (exact) mass is 195 g/mol. The summed E-state index contributed by atoms with van der Waals surface area (Å²) < 4.78 is 0. The summed E-state index contributed by atoms with van der Waals surface area (Å²) in [6.45, 7) is 0. The van der Waals surface area contributed by atoms with Gasteiger partial charge in [0.25, 0.3) is 0 Å². The van der Waals surface area contributed by atoms with Gasteiger partial charge < -0.3 is 17.2 Å². The fourth-order valence-corrected chi connectivity index (χ4v) is 0.887. The van der Waals surface area contributed by atoms with E-state index in [0.717, 1.165) is 0 Å².